The lowest BCUT2D eigenvalue weighted by molar-refractivity contribution is 0.668. The van der Waals surface area contributed by atoms with Crippen molar-refractivity contribution in [2.24, 2.45) is 9.98 Å². The van der Waals surface area contributed by atoms with E-state index in [9.17, 15) is 0 Å². The summed E-state index contributed by atoms with van der Waals surface area (Å²) in [6, 6.07) is 67.5. The maximum absolute atomic E-state index is 6.67. The van der Waals surface area contributed by atoms with Crippen LogP contribution < -0.4 is 10.2 Å². The molecule has 10 rings (SSSR count). The van der Waals surface area contributed by atoms with Crippen LogP contribution in [-0.2, 0) is 0 Å². The molecule has 54 heavy (non-hydrogen) atoms. The van der Waals surface area contributed by atoms with Gasteiger partial charge in [-0.1, -0.05) is 152 Å². The number of benzene rings is 8. The average Bonchev–Trinajstić information content (AvgIpc) is 3.63. The van der Waals surface area contributed by atoms with Crippen molar-refractivity contribution in [3.63, 3.8) is 0 Å². The number of furan rings is 1. The first-order valence-electron chi connectivity index (χ1n) is 18.2. The molecule has 8 aromatic carbocycles. The second-order valence-corrected chi connectivity index (χ2v) is 13.5. The van der Waals surface area contributed by atoms with Crippen LogP contribution in [0.5, 0.6) is 0 Å². The zero-order valence-corrected chi connectivity index (χ0v) is 29.3. The second-order valence-electron chi connectivity index (χ2n) is 13.5. The Morgan fingerprint density at radius 3 is 1.89 bits per heavy atom. The zero-order valence-electron chi connectivity index (χ0n) is 29.3. The van der Waals surface area contributed by atoms with Gasteiger partial charge in [-0.15, -0.1) is 0 Å². The first-order chi connectivity index (χ1) is 26.7. The lowest BCUT2D eigenvalue weighted by Gasteiger charge is -2.27. The van der Waals surface area contributed by atoms with E-state index in [0.717, 1.165) is 72.5 Å². The van der Waals surface area contributed by atoms with E-state index in [1.54, 1.807) is 0 Å². The lowest BCUT2D eigenvalue weighted by Crippen LogP contribution is -2.33. The SMILES string of the molecule is c1ccc(C2=NC(c3cc(N(c4ccc(-c5ccccc5)cc4)c4ccc5ccccc5c4)cc4oc5ccccc5c34)=NC(c3ccccc3)N2)cc1. The Morgan fingerprint density at radius 2 is 1.11 bits per heavy atom. The number of nitrogens with zero attached hydrogens (tertiary/aromatic N) is 3. The Kier molecular flexibility index (Phi) is 7.81. The van der Waals surface area contributed by atoms with E-state index in [1.807, 2.05) is 54.6 Å². The highest BCUT2D eigenvalue weighted by atomic mass is 16.3. The topological polar surface area (TPSA) is 53.1 Å². The number of anilines is 3. The molecule has 0 radical (unpaired) electrons. The number of rotatable bonds is 7. The molecule has 0 amide bonds. The third-order valence-electron chi connectivity index (χ3n) is 10.1. The number of nitrogens with one attached hydrogen (secondary N) is 1. The molecule has 1 N–H and O–H groups in total. The van der Waals surface area contributed by atoms with E-state index in [0.29, 0.717) is 5.84 Å². The van der Waals surface area contributed by atoms with Crippen LogP contribution in [0.1, 0.15) is 22.9 Å². The summed E-state index contributed by atoms with van der Waals surface area (Å²) in [5.74, 6) is 1.40. The monoisotopic (exact) mass is 694 g/mol. The Labute approximate surface area is 313 Å². The van der Waals surface area contributed by atoms with Crippen molar-refractivity contribution in [1.82, 2.24) is 5.32 Å². The number of aliphatic imine (C=N–C) groups is 2. The molecular formula is C49H34N4O. The number of fused-ring (bicyclic) bond motifs is 4. The first kappa shape index (κ1) is 31.5. The Hall–Kier alpha value is -7.24. The van der Waals surface area contributed by atoms with Crippen molar-refractivity contribution in [2.45, 2.75) is 6.17 Å². The molecule has 0 fully saturated rings. The zero-order chi connectivity index (χ0) is 35.8. The third-order valence-corrected chi connectivity index (χ3v) is 10.1. The van der Waals surface area contributed by atoms with Crippen molar-refractivity contribution in [1.29, 1.82) is 0 Å². The summed E-state index contributed by atoms with van der Waals surface area (Å²) in [5.41, 5.74) is 9.86. The van der Waals surface area contributed by atoms with Crippen molar-refractivity contribution in [2.75, 3.05) is 4.90 Å². The number of hydrogen-bond donors (Lipinski definition) is 1. The molecule has 5 nitrogen and oxygen atoms in total. The quantitative estimate of drug-likeness (QED) is 0.181. The normalized spacial score (nSPS) is 14.1. The average molecular weight is 695 g/mol. The first-order valence-corrected chi connectivity index (χ1v) is 18.2. The minimum atomic E-state index is -0.340. The van der Waals surface area contributed by atoms with E-state index in [-0.39, 0.29) is 6.17 Å². The highest BCUT2D eigenvalue weighted by molar-refractivity contribution is 6.22. The molecule has 1 atom stereocenters. The molecule has 1 aromatic heterocycles. The fourth-order valence-corrected chi connectivity index (χ4v) is 7.46. The summed E-state index contributed by atoms with van der Waals surface area (Å²) in [6.45, 7) is 0. The Morgan fingerprint density at radius 1 is 0.481 bits per heavy atom. The molecule has 2 heterocycles. The summed E-state index contributed by atoms with van der Waals surface area (Å²) in [6.07, 6.45) is -0.340. The minimum absolute atomic E-state index is 0.340. The number of para-hydroxylation sites is 1. The van der Waals surface area contributed by atoms with Crippen molar-refractivity contribution >= 4 is 61.4 Å². The molecule has 0 saturated carbocycles. The highest BCUT2D eigenvalue weighted by Gasteiger charge is 2.26. The smallest absolute Gasteiger partial charge is 0.160 e. The van der Waals surface area contributed by atoms with Gasteiger partial charge in [0.15, 0.2) is 5.84 Å². The molecule has 0 spiro atoms. The summed E-state index contributed by atoms with van der Waals surface area (Å²) in [4.78, 5) is 12.9. The Bertz CT molecular complexity index is 2840. The van der Waals surface area contributed by atoms with E-state index in [1.165, 1.54) is 10.9 Å². The summed E-state index contributed by atoms with van der Waals surface area (Å²) in [7, 11) is 0. The fourth-order valence-electron chi connectivity index (χ4n) is 7.46. The molecule has 5 heteroatoms. The number of hydrogen-bond acceptors (Lipinski definition) is 5. The maximum Gasteiger partial charge on any atom is 0.160 e. The van der Waals surface area contributed by atoms with Crippen LogP contribution in [0.15, 0.2) is 209 Å². The van der Waals surface area contributed by atoms with Crippen LogP contribution >= 0.6 is 0 Å². The Balaban J connectivity index is 1.22. The van der Waals surface area contributed by atoms with Gasteiger partial charge in [0.25, 0.3) is 0 Å². The van der Waals surface area contributed by atoms with Crippen LogP contribution in [0.3, 0.4) is 0 Å². The lowest BCUT2D eigenvalue weighted by atomic mass is 10.0. The van der Waals surface area contributed by atoms with Crippen molar-refractivity contribution in [3.05, 3.63) is 211 Å². The molecule has 0 saturated heterocycles. The van der Waals surface area contributed by atoms with Gasteiger partial charge in [0.2, 0.25) is 0 Å². The van der Waals surface area contributed by atoms with Crippen LogP contribution in [0.4, 0.5) is 17.1 Å². The molecule has 1 aliphatic heterocycles. The molecule has 9 aromatic rings. The largest absolute Gasteiger partial charge is 0.456 e. The molecule has 256 valence electrons. The predicted molar refractivity (Wildman–Crippen MR) is 223 cm³/mol. The van der Waals surface area contributed by atoms with Gasteiger partial charge in [0.05, 0.1) is 5.69 Å². The van der Waals surface area contributed by atoms with E-state index >= 15 is 0 Å². The van der Waals surface area contributed by atoms with E-state index in [2.05, 4.69) is 150 Å². The molecular weight excluding hydrogens is 661 g/mol. The standard InChI is InChI=1S/C49H34N4O/c1-4-14-33(15-5-1)35-24-27-39(28-25-35)53(40-29-26-34-16-10-11-21-38(34)30-40)41-31-43(46-42-22-12-13-23-44(42)54-45(46)32-41)49-51-47(36-17-6-2-7-18-36)50-48(52-49)37-19-8-3-9-20-37/h1-32,47H,(H,50,51,52). The van der Waals surface area contributed by atoms with Gasteiger partial charge >= 0.3 is 0 Å². The maximum atomic E-state index is 6.67. The predicted octanol–water partition coefficient (Wildman–Crippen LogP) is 12.4. The van der Waals surface area contributed by atoms with Gasteiger partial charge in [0.1, 0.15) is 23.2 Å². The van der Waals surface area contributed by atoms with Gasteiger partial charge in [-0.3, -0.25) is 0 Å². The van der Waals surface area contributed by atoms with Crippen LogP contribution in [0.25, 0.3) is 43.8 Å². The second kappa shape index (κ2) is 13.4. The third kappa shape index (κ3) is 5.78. The number of amidine groups is 2. The van der Waals surface area contributed by atoms with E-state index < -0.39 is 0 Å². The fraction of sp³-hybridized carbons (Fsp3) is 0.0204. The van der Waals surface area contributed by atoms with Crippen molar-refractivity contribution < 1.29 is 4.42 Å². The summed E-state index contributed by atoms with van der Waals surface area (Å²) in [5, 5.41) is 7.97. The highest BCUT2D eigenvalue weighted by Crippen LogP contribution is 2.42. The van der Waals surface area contributed by atoms with Crippen LogP contribution in [0.2, 0.25) is 0 Å². The van der Waals surface area contributed by atoms with E-state index in [4.69, 9.17) is 14.4 Å². The van der Waals surface area contributed by atoms with Gasteiger partial charge in [-0.2, -0.15) is 0 Å². The summed E-state index contributed by atoms with van der Waals surface area (Å²) >= 11 is 0. The summed E-state index contributed by atoms with van der Waals surface area (Å²) < 4.78 is 6.67. The molecule has 1 aliphatic rings. The molecule has 0 bridgehead atoms. The van der Waals surface area contributed by atoms with Gasteiger partial charge in [-0.05, 0) is 63.9 Å². The van der Waals surface area contributed by atoms with Gasteiger partial charge < -0.3 is 14.6 Å². The molecule has 1 unspecified atom stereocenters. The van der Waals surface area contributed by atoms with Gasteiger partial charge in [-0.25, -0.2) is 9.98 Å². The van der Waals surface area contributed by atoms with Crippen LogP contribution in [0, 0.1) is 0 Å². The molecule has 0 aliphatic carbocycles. The van der Waals surface area contributed by atoms with Crippen LogP contribution in [-0.4, -0.2) is 11.7 Å². The van der Waals surface area contributed by atoms with Crippen molar-refractivity contribution in [3.8, 4) is 11.1 Å². The van der Waals surface area contributed by atoms with Gasteiger partial charge in [0, 0.05) is 39.3 Å². The minimum Gasteiger partial charge on any atom is -0.456 e.